The Morgan fingerprint density at radius 2 is 1.61 bits per heavy atom. The zero-order chi connectivity index (χ0) is 12.4. The Morgan fingerprint density at radius 3 is 2.44 bits per heavy atom. The molecule has 2 aromatic rings. The molecule has 0 saturated carbocycles. The zero-order valence-corrected chi connectivity index (χ0v) is 10.9. The van der Waals surface area contributed by atoms with Crippen LogP contribution in [0.1, 0.15) is 5.56 Å². The lowest BCUT2D eigenvalue weighted by Crippen LogP contribution is -2.10. The fourth-order valence-corrected chi connectivity index (χ4v) is 2.68. The molecule has 0 aromatic heterocycles. The maximum absolute atomic E-state index is 5.94. The first-order valence-electron chi connectivity index (χ1n) is 5.38. The van der Waals surface area contributed by atoms with E-state index in [4.69, 9.17) is 20.3 Å². The van der Waals surface area contributed by atoms with Crippen LogP contribution in [0.5, 0.6) is 5.75 Å². The van der Waals surface area contributed by atoms with E-state index >= 15 is 0 Å². The molecule has 0 radical (unpaired) electrons. The van der Waals surface area contributed by atoms with E-state index in [9.17, 15) is 0 Å². The van der Waals surface area contributed by atoms with Crippen LogP contribution in [0, 0.1) is 0 Å². The summed E-state index contributed by atoms with van der Waals surface area (Å²) in [6.07, 6.45) is 0. The van der Waals surface area contributed by atoms with Gasteiger partial charge in [-0.1, -0.05) is 30.3 Å². The Kier molecular flexibility index (Phi) is 3.18. The molecule has 0 fully saturated rings. The minimum atomic E-state index is -1.47. The molecule has 3 rings (SSSR count). The largest absolute Gasteiger partial charge is 0.426 e. The Balaban J connectivity index is 2.05. The van der Waals surface area contributed by atoms with Crippen LogP contribution in [-0.4, -0.2) is 5.90 Å². The second-order valence-corrected chi connectivity index (χ2v) is 5.26. The van der Waals surface area contributed by atoms with Crippen LogP contribution in [0.25, 0.3) is 0 Å². The summed E-state index contributed by atoms with van der Waals surface area (Å²) in [6, 6.07) is 17.2. The van der Waals surface area contributed by atoms with Crippen molar-refractivity contribution in [3.8, 4) is 5.75 Å². The third-order valence-corrected chi connectivity index (χ3v) is 3.50. The molecule has 0 N–H and O–H groups in total. The summed E-state index contributed by atoms with van der Waals surface area (Å²) in [5, 5.41) is 0. The van der Waals surface area contributed by atoms with Crippen molar-refractivity contribution in [2.75, 3.05) is 0 Å². The van der Waals surface area contributed by atoms with Crippen LogP contribution in [0.4, 0.5) is 5.69 Å². The highest BCUT2D eigenvalue weighted by Gasteiger charge is 2.25. The first-order chi connectivity index (χ1) is 8.83. The second-order valence-electron chi connectivity index (χ2n) is 3.64. The van der Waals surface area contributed by atoms with Gasteiger partial charge in [0.05, 0.1) is 11.3 Å². The number of hydrogen-bond acceptors (Lipinski definition) is 3. The van der Waals surface area contributed by atoms with Crippen LogP contribution in [-0.2, 0) is 4.52 Å². The molecule has 3 nitrogen and oxygen atoms in total. The van der Waals surface area contributed by atoms with E-state index in [1.54, 1.807) is 0 Å². The molecule has 0 aliphatic carbocycles. The first-order valence-corrected chi connectivity index (χ1v) is 7.46. The number of hydrogen-bond donors (Lipinski definition) is 0. The summed E-state index contributed by atoms with van der Waals surface area (Å²) in [6.45, 7) is 0. The summed E-state index contributed by atoms with van der Waals surface area (Å²) in [7, 11) is -1.47. The molecule has 0 amide bonds. The zero-order valence-electron chi connectivity index (χ0n) is 9.29. The van der Waals surface area contributed by atoms with Gasteiger partial charge in [-0.2, -0.15) is 0 Å². The van der Waals surface area contributed by atoms with E-state index in [-0.39, 0.29) is 0 Å². The number of halogens is 1. The first kappa shape index (κ1) is 11.5. The van der Waals surface area contributed by atoms with Gasteiger partial charge in [0, 0.05) is 0 Å². The highest BCUT2D eigenvalue weighted by molar-refractivity contribution is 7.76. The highest BCUT2D eigenvalue weighted by Crippen LogP contribution is 2.50. The van der Waals surface area contributed by atoms with Crippen molar-refractivity contribution in [1.29, 1.82) is 0 Å². The molecular formula is C13H9ClNO2P. The number of nitrogens with zero attached hydrogens (tertiary/aromatic N) is 1. The number of para-hydroxylation sites is 2. The molecule has 1 heterocycles. The van der Waals surface area contributed by atoms with Crippen molar-refractivity contribution in [3.63, 3.8) is 0 Å². The Labute approximate surface area is 111 Å². The van der Waals surface area contributed by atoms with E-state index in [1.807, 2.05) is 54.6 Å². The third kappa shape index (κ3) is 2.33. The lowest BCUT2D eigenvalue weighted by molar-refractivity contribution is 0.482. The molecule has 0 saturated heterocycles. The minimum Gasteiger partial charge on any atom is -0.426 e. The molecule has 1 atom stereocenters. The standard InChI is InChI=1S/C13H9ClNO2P/c14-18-16-12-9-5-4-8-11(12)13(17-18)15-10-6-2-1-3-7-10/h1-9H/b15-13-. The molecule has 2 aromatic carbocycles. The third-order valence-electron chi connectivity index (χ3n) is 2.43. The monoisotopic (exact) mass is 277 g/mol. The minimum absolute atomic E-state index is 0.504. The quantitative estimate of drug-likeness (QED) is 0.711. The van der Waals surface area contributed by atoms with Crippen molar-refractivity contribution >= 4 is 30.6 Å². The van der Waals surface area contributed by atoms with Crippen molar-refractivity contribution in [1.82, 2.24) is 0 Å². The van der Waals surface area contributed by atoms with E-state index in [0.29, 0.717) is 11.6 Å². The summed E-state index contributed by atoms with van der Waals surface area (Å²) >= 11 is 5.94. The fourth-order valence-electron chi connectivity index (χ4n) is 1.64. The van der Waals surface area contributed by atoms with Crippen molar-refractivity contribution in [2.45, 2.75) is 0 Å². The van der Waals surface area contributed by atoms with Crippen LogP contribution in [0.2, 0.25) is 0 Å². The maximum Gasteiger partial charge on any atom is 0.402 e. The SMILES string of the molecule is ClP1O/C(=N\c2ccccc2)c2ccccc2O1. The average molecular weight is 278 g/mol. The smallest absolute Gasteiger partial charge is 0.402 e. The van der Waals surface area contributed by atoms with Gasteiger partial charge in [-0.3, -0.25) is 0 Å². The van der Waals surface area contributed by atoms with Gasteiger partial charge in [0.25, 0.3) is 0 Å². The number of aliphatic imine (C=N–C) groups is 1. The maximum atomic E-state index is 5.94. The number of fused-ring (bicyclic) bond motifs is 1. The van der Waals surface area contributed by atoms with Gasteiger partial charge in [0.1, 0.15) is 5.75 Å². The van der Waals surface area contributed by atoms with Crippen LogP contribution in [0.15, 0.2) is 59.6 Å². The van der Waals surface area contributed by atoms with E-state index in [2.05, 4.69) is 4.99 Å². The van der Waals surface area contributed by atoms with Crippen LogP contribution in [0.3, 0.4) is 0 Å². The Morgan fingerprint density at radius 1 is 0.889 bits per heavy atom. The van der Waals surface area contributed by atoms with Gasteiger partial charge < -0.3 is 9.05 Å². The molecule has 1 aliphatic heterocycles. The van der Waals surface area contributed by atoms with E-state index in [1.165, 1.54) is 0 Å². The summed E-state index contributed by atoms with van der Waals surface area (Å²) in [5.41, 5.74) is 1.64. The Bertz CT molecular complexity index is 589. The van der Waals surface area contributed by atoms with Crippen LogP contribution < -0.4 is 4.52 Å². The van der Waals surface area contributed by atoms with Gasteiger partial charge in [-0.25, -0.2) is 4.99 Å². The number of rotatable bonds is 1. The fraction of sp³-hybridized carbons (Fsp3) is 0. The number of benzene rings is 2. The Hall–Kier alpha value is -1.57. The average Bonchev–Trinajstić information content (AvgIpc) is 2.40. The molecule has 5 heteroatoms. The van der Waals surface area contributed by atoms with Crippen LogP contribution >= 0.6 is 19.0 Å². The molecule has 0 bridgehead atoms. The molecular weight excluding hydrogens is 269 g/mol. The summed E-state index contributed by atoms with van der Waals surface area (Å²) < 4.78 is 10.9. The summed E-state index contributed by atoms with van der Waals surface area (Å²) in [4.78, 5) is 4.46. The lowest BCUT2D eigenvalue weighted by Gasteiger charge is -2.21. The van der Waals surface area contributed by atoms with Gasteiger partial charge in [0.2, 0.25) is 5.90 Å². The van der Waals surface area contributed by atoms with Gasteiger partial charge in [-0.15, -0.1) is 0 Å². The van der Waals surface area contributed by atoms with E-state index in [0.717, 1.165) is 11.3 Å². The van der Waals surface area contributed by atoms with E-state index < -0.39 is 7.73 Å². The molecule has 18 heavy (non-hydrogen) atoms. The van der Waals surface area contributed by atoms with Crippen molar-refractivity contribution in [2.24, 2.45) is 4.99 Å². The predicted octanol–water partition coefficient (Wildman–Crippen LogP) is 4.64. The lowest BCUT2D eigenvalue weighted by atomic mass is 10.2. The van der Waals surface area contributed by atoms with Gasteiger partial charge in [0.15, 0.2) is 0 Å². The second kappa shape index (κ2) is 4.97. The van der Waals surface area contributed by atoms with Gasteiger partial charge in [-0.05, 0) is 35.5 Å². The topological polar surface area (TPSA) is 30.8 Å². The molecule has 1 aliphatic rings. The normalized spacial score (nSPS) is 19.8. The molecule has 1 unspecified atom stereocenters. The molecule has 0 spiro atoms. The summed E-state index contributed by atoms with van der Waals surface area (Å²) in [5.74, 6) is 1.21. The van der Waals surface area contributed by atoms with Crippen molar-refractivity contribution < 1.29 is 9.05 Å². The van der Waals surface area contributed by atoms with Gasteiger partial charge >= 0.3 is 7.73 Å². The molecule has 90 valence electrons. The predicted molar refractivity (Wildman–Crippen MR) is 73.6 cm³/mol. The highest BCUT2D eigenvalue weighted by atomic mass is 35.7. The van der Waals surface area contributed by atoms with Crippen molar-refractivity contribution in [3.05, 3.63) is 60.2 Å².